The van der Waals surface area contributed by atoms with Crippen molar-refractivity contribution in [3.05, 3.63) is 91.4 Å². The van der Waals surface area contributed by atoms with Crippen molar-refractivity contribution in [2.45, 2.75) is 97.8 Å². The van der Waals surface area contributed by atoms with Gasteiger partial charge in [0, 0.05) is 58.4 Å². The summed E-state index contributed by atoms with van der Waals surface area (Å²) in [7, 11) is 0. The van der Waals surface area contributed by atoms with Crippen molar-refractivity contribution in [3.63, 3.8) is 0 Å². The maximum absolute atomic E-state index is 6.49. The molecule has 4 aliphatic rings. The summed E-state index contributed by atoms with van der Waals surface area (Å²) in [6.07, 6.45) is 10.2. The first-order chi connectivity index (χ1) is 30.3. The van der Waals surface area contributed by atoms with Crippen LogP contribution in [0.1, 0.15) is 94.4 Å². The van der Waals surface area contributed by atoms with Crippen LogP contribution in [-0.2, 0) is 0 Å². The van der Waals surface area contributed by atoms with Crippen molar-refractivity contribution in [1.29, 1.82) is 0 Å². The first-order valence-electron chi connectivity index (χ1n) is 22.7. The highest BCUT2D eigenvalue weighted by Gasteiger charge is 2.35. The Morgan fingerprint density at radius 1 is 0.571 bits per heavy atom. The van der Waals surface area contributed by atoms with E-state index in [0.29, 0.717) is 44.0 Å². The quantitative estimate of drug-likeness (QED) is 0.147. The lowest BCUT2D eigenvalue weighted by atomic mass is 9.90. The van der Waals surface area contributed by atoms with Crippen LogP contribution in [0.2, 0.25) is 20.1 Å². The van der Waals surface area contributed by atoms with Crippen LogP contribution in [0, 0.1) is 25.7 Å². The molecule has 0 bridgehead atoms. The van der Waals surface area contributed by atoms with Crippen LogP contribution in [0.15, 0.2) is 48.8 Å². The van der Waals surface area contributed by atoms with Gasteiger partial charge in [-0.25, -0.2) is 29.3 Å². The van der Waals surface area contributed by atoms with Crippen molar-refractivity contribution in [2.24, 2.45) is 11.8 Å². The summed E-state index contributed by atoms with van der Waals surface area (Å²) in [5, 5.41) is 12.0. The van der Waals surface area contributed by atoms with Gasteiger partial charge < -0.3 is 9.80 Å². The Balaban J connectivity index is 0.000000160. The van der Waals surface area contributed by atoms with Crippen LogP contribution in [0.5, 0.6) is 0 Å². The monoisotopic (exact) mass is 930 g/mol. The number of hydrogen-bond donors (Lipinski definition) is 0. The van der Waals surface area contributed by atoms with Gasteiger partial charge >= 0.3 is 0 Å². The van der Waals surface area contributed by atoms with Gasteiger partial charge in [0.05, 0.1) is 35.9 Å². The zero-order chi connectivity index (χ0) is 44.1. The van der Waals surface area contributed by atoms with Crippen molar-refractivity contribution in [1.82, 2.24) is 49.3 Å². The topological polar surface area (TPSA) is 100 Å². The van der Waals surface area contributed by atoms with E-state index >= 15 is 0 Å². The molecule has 4 aliphatic heterocycles. The third-order valence-electron chi connectivity index (χ3n) is 14.0. The van der Waals surface area contributed by atoms with E-state index in [4.69, 9.17) is 76.5 Å². The molecule has 6 aromatic rings. The lowest BCUT2D eigenvalue weighted by Crippen LogP contribution is -2.54. The van der Waals surface area contributed by atoms with Crippen molar-refractivity contribution in [3.8, 4) is 0 Å². The first kappa shape index (κ1) is 44.4. The predicted octanol–water partition coefficient (Wildman–Crippen LogP) is 10.3. The van der Waals surface area contributed by atoms with Gasteiger partial charge in [-0.05, 0) is 133 Å². The number of anilines is 2. The summed E-state index contributed by atoms with van der Waals surface area (Å²) in [5.74, 6) is 3.08. The van der Waals surface area contributed by atoms with Gasteiger partial charge in [-0.1, -0.05) is 72.4 Å². The molecule has 0 unspecified atom stereocenters. The Morgan fingerprint density at radius 3 is 1.35 bits per heavy atom. The predicted molar refractivity (Wildman–Crippen MR) is 257 cm³/mol. The average molecular weight is 933 g/mol. The Labute approximate surface area is 390 Å². The van der Waals surface area contributed by atoms with Crippen molar-refractivity contribution < 1.29 is 0 Å². The SMILES string of the molecule is Cc1nn([C@H](C)c2ccc(Cl)cc2Cl)c2nc(N3CC[C@H](N4CCC4)[C@H](C)C3)cnc12.Cc1nn([C@H](C)c2ccc(Cl)cc2Cl)c2nc(N3CC[C@H](N4CCCC4)[C@H](C)C3)cnc12. The van der Waals surface area contributed by atoms with Gasteiger partial charge in [0.25, 0.3) is 0 Å². The number of aromatic nitrogens is 8. The van der Waals surface area contributed by atoms with Crippen LogP contribution < -0.4 is 9.80 Å². The number of fused-ring (bicyclic) bond motifs is 2. The molecule has 10 rings (SSSR count). The fourth-order valence-corrected chi connectivity index (χ4v) is 11.5. The van der Waals surface area contributed by atoms with E-state index in [1.54, 1.807) is 12.1 Å². The van der Waals surface area contributed by atoms with Gasteiger partial charge in [0.1, 0.15) is 22.7 Å². The fraction of sp³-hybridized carbons (Fsp3) is 0.532. The summed E-state index contributed by atoms with van der Waals surface area (Å²) >= 11 is 25.2. The molecule has 0 N–H and O–H groups in total. The first-order valence-corrected chi connectivity index (χ1v) is 24.2. The molecular formula is C47H58Cl4N12. The molecule has 2 aromatic carbocycles. The van der Waals surface area contributed by atoms with E-state index in [1.165, 1.54) is 58.3 Å². The summed E-state index contributed by atoms with van der Waals surface area (Å²) in [4.78, 5) is 29.7. The van der Waals surface area contributed by atoms with E-state index in [2.05, 4.69) is 47.3 Å². The summed E-state index contributed by atoms with van der Waals surface area (Å²) in [6.45, 7) is 21.9. The van der Waals surface area contributed by atoms with E-state index in [-0.39, 0.29) is 12.1 Å². The molecule has 4 fully saturated rings. The van der Waals surface area contributed by atoms with Gasteiger partial charge in [0.2, 0.25) is 0 Å². The number of aryl methyl sites for hydroxylation is 2. The minimum Gasteiger partial charge on any atom is -0.355 e. The number of nitrogens with zero attached hydrogens (tertiary/aromatic N) is 12. The Kier molecular flexibility index (Phi) is 13.1. The largest absolute Gasteiger partial charge is 0.355 e. The highest BCUT2D eigenvalue weighted by Crippen LogP contribution is 2.35. The fourth-order valence-electron chi connectivity index (χ4n) is 10.4. The van der Waals surface area contributed by atoms with Crippen LogP contribution >= 0.6 is 46.4 Å². The Bertz CT molecular complexity index is 2590. The smallest absolute Gasteiger partial charge is 0.179 e. The van der Waals surface area contributed by atoms with Gasteiger partial charge in [-0.3, -0.25) is 9.80 Å². The molecule has 0 spiro atoms. The molecule has 12 nitrogen and oxygen atoms in total. The maximum atomic E-state index is 6.49. The highest BCUT2D eigenvalue weighted by atomic mass is 35.5. The van der Waals surface area contributed by atoms with Crippen molar-refractivity contribution >= 4 is 80.4 Å². The second kappa shape index (κ2) is 18.6. The maximum Gasteiger partial charge on any atom is 0.179 e. The van der Waals surface area contributed by atoms with Gasteiger partial charge in [0.15, 0.2) is 11.3 Å². The molecule has 0 aliphatic carbocycles. The van der Waals surface area contributed by atoms with Crippen LogP contribution in [0.25, 0.3) is 22.3 Å². The summed E-state index contributed by atoms with van der Waals surface area (Å²) in [5.41, 5.74) is 6.95. The molecule has 63 heavy (non-hydrogen) atoms. The van der Waals surface area contributed by atoms with Crippen LogP contribution in [0.3, 0.4) is 0 Å². The Morgan fingerprint density at radius 2 is 0.984 bits per heavy atom. The van der Waals surface area contributed by atoms with Gasteiger partial charge in [-0.2, -0.15) is 10.2 Å². The highest BCUT2D eigenvalue weighted by molar-refractivity contribution is 6.35. The number of likely N-dealkylation sites (tertiary alicyclic amines) is 2. The molecule has 0 saturated carbocycles. The minimum absolute atomic E-state index is 0.0819. The Hall–Kier alpha value is -3.78. The van der Waals surface area contributed by atoms with Gasteiger partial charge in [-0.15, -0.1) is 0 Å². The third-order valence-corrected chi connectivity index (χ3v) is 15.1. The summed E-state index contributed by atoms with van der Waals surface area (Å²) < 4.78 is 3.88. The molecule has 334 valence electrons. The molecule has 6 atom stereocenters. The zero-order valence-electron chi connectivity index (χ0n) is 37.2. The molecule has 4 aromatic heterocycles. The van der Waals surface area contributed by atoms with E-state index in [1.807, 2.05) is 59.9 Å². The van der Waals surface area contributed by atoms with E-state index < -0.39 is 0 Å². The molecule has 0 amide bonds. The second-order valence-corrected chi connectivity index (χ2v) is 19.9. The zero-order valence-corrected chi connectivity index (χ0v) is 40.2. The summed E-state index contributed by atoms with van der Waals surface area (Å²) in [6, 6.07) is 12.4. The van der Waals surface area contributed by atoms with Crippen molar-refractivity contribution in [2.75, 3.05) is 62.2 Å². The lowest BCUT2D eigenvalue weighted by Gasteiger charge is -2.46. The van der Waals surface area contributed by atoms with Crippen LogP contribution in [-0.4, -0.2) is 114 Å². The number of piperidine rings is 2. The van der Waals surface area contributed by atoms with E-state index in [0.717, 1.165) is 82.7 Å². The lowest BCUT2D eigenvalue weighted by molar-refractivity contribution is 0.0696. The number of hydrogen-bond acceptors (Lipinski definition) is 10. The number of rotatable bonds is 8. The molecular weight excluding hydrogens is 874 g/mol. The molecule has 4 saturated heterocycles. The normalized spacial score (nSPS) is 23.2. The minimum atomic E-state index is -0.0830. The molecule has 16 heteroatoms. The van der Waals surface area contributed by atoms with Crippen LogP contribution in [0.4, 0.5) is 11.6 Å². The van der Waals surface area contributed by atoms with E-state index in [9.17, 15) is 0 Å². The third kappa shape index (κ3) is 8.97. The average Bonchev–Trinajstić information content (AvgIpc) is 3.98. The molecule has 0 radical (unpaired) electrons. The standard InChI is InChI=1S/C24H30Cl2N6.C23H28Cl2N6/c1-15-14-31(11-8-21(15)30-9-4-5-10-30)22-13-27-23-16(2)29-32(24(23)28-22)17(3)19-7-6-18(25)12-20(19)26;1-14-13-30(10-7-20(14)29-8-4-9-29)21-12-26-22-15(2)28-31(23(22)27-21)16(3)18-6-5-17(24)11-19(18)25/h6-7,12-13,15,17,21H,4-5,8-11,14H2,1-3H3;5-6,11-12,14,16,20H,4,7-10,13H2,1-3H3/t15-,17-,21+;14-,16-,20+/m11/s1. The molecule has 8 heterocycles. The number of halogens is 4. The number of benzene rings is 2. The second-order valence-electron chi connectivity index (χ2n) is 18.2.